The Bertz CT molecular complexity index is 901. The average molecular weight is 438 g/mol. The van der Waals surface area contributed by atoms with E-state index >= 15 is 0 Å². The lowest BCUT2D eigenvalue weighted by Gasteiger charge is -2.23. The highest BCUT2D eigenvalue weighted by Crippen LogP contribution is 2.31. The summed E-state index contributed by atoms with van der Waals surface area (Å²) >= 11 is 0. The van der Waals surface area contributed by atoms with E-state index in [1.807, 2.05) is 12.3 Å². The maximum Gasteiger partial charge on any atom is 0.224 e. The van der Waals surface area contributed by atoms with Crippen molar-refractivity contribution in [1.29, 1.82) is 0 Å². The highest BCUT2D eigenvalue weighted by atomic mass is 16.3. The number of aliphatic hydroxyl groups is 1. The van der Waals surface area contributed by atoms with Crippen molar-refractivity contribution in [3.8, 4) is 11.3 Å². The van der Waals surface area contributed by atoms with Crippen LogP contribution < -0.4 is 10.6 Å². The first-order valence-electron chi connectivity index (χ1n) is 12.2. The molecule has 2 aliphatic carbocycles. The van der Waals surface area contributed by atoms with Gasteiger partial charge in [0.2, 0.25) is 5.95 Å². The first kappa shape index (κ1) is 22.6. The van der Waals surface area contributed by atoms with Gasteiger partial charge in [-0.1, -0.05) is 32.6 Å². The van der Waals surface area contributed by atoms with Gasteiger partial charge in [0.25, 0.3) is 0 Å². The Balaban J connectivity index is 1.60. The van der Waals surface area contributed by atoms with Crippen LogP contribution in [0.15, 0.2) is 23.6 Å². The van der Waals surface area contributed by atoms with Gasteiger partial charge in [-0.05, 0) is 44.9 Å². The zero-order valence-electron chi connectivity index (χ0n) is 19.1. The SMILES string of the molecule is CCCCNc1ncc(-c2cc(NC3CCCCC3)ncn2)c(N=C2CCC(O)CC2)n1. The van der Waals surface area contributed by atoms with E-state index in [0.717, 1.165) is 67.9 Å². The maximum absolute atomic E-state index is 9.84. The lowest BCUT2D eigenvalue weighted by atomic mass is 9.95. The van der Waals surface area contributed by atoms with Crippen molar-refractivity contribution in [2.75, 3.05) is 17.2 Å². The molecule has 0 radical (unpaired) electrons. The molecule has 0 amide bonds. The number of nitrogens with zero attached hydrogens (tertiary/aromatic N) is 5. The minimum absolute atomic E-state index is 0.222. The van der Waals surface area contributed by atoms with E-state index in [-0.39, 0.29) is 6.10 Å². The molecule has 2 saturated carbocycles. The third kappa shape index (κ3) is 6.22. The molecule has 0 aromatic carbocycles. The molecular formula is C24H35N7O. The minimum Gasteiger partial charge on any atom is -0.393 e. The lowest BCUT2D eigenvalue weighted by molar-refractivity contribution is 0.152. The molecule has 8 nitrogen and oxygen atoms in total. The van der Waals surface area contributed by atoms with Gasteiger partial charge in [-0.3, -0.25) is 0 Å². The van der Waals surface area contributed by atoms with E-state index in [1.165, 1.54) is 32.1 Å². The summed E-state index contributed by atoms with van der Waals surface area (Å²) in [7, 11) is 0. The Morgan fingerprint density at radius 2 is 1.88 bits per heavy atom. The normalized spacial score (nSPS) is 19.6. The standard InChI is InChI=1S/C24H35N7O/c1-2-3-13-25-24-26-15-20(23(31-24)30-18-9-11-19(32)12-10-18)21-14-22(28-16-27-21)29-17-7-5-4-6-8-17/h14-17,19,32H,2-13H2,1H3,(H,25,26,31)(H,27,28,29). The number of aliphatic imine (C=N–C) groups is 1. The number of hydrogen-bond donors (Lipinski definition) is 3. The summed E-state index contributed by atoms with van der Waals surface area (Å²) in [4.78, 5) is 23.1. The van der Waals surface area contributed by atoms with E-state index in [4.69, 9.17) is 9.98 Å². The lowest BCUT2D eigenvalue weighted by Crippen LogP contribution is -2.22. The van der Waals surface area contributed by atoms with Crippen LogP contribution in [-0.4, -0.2) is 49.4 Å². The molecule has 2 aliphatic rings. The predicted molar refractivity (Wildman–Crippen MR) is 129 cm³/mol. The van der Waals surface area contributed by atoms with Crippen LogP contribution in [-0.2, 0) is 0 Å². The fourth-order valence-electron chi connectivity index (χ4n) is 4.34. The average Bonchev–Trinajstić information content (AvgIpc) is 2.82. The summed E-state index contributed by atoms with van der Waals surface area (Å²) in [5.41, 5.74) is 2.65. The van der Waals surface area contributed by atoms with Crippen LogP contribution in [0.1, 0.15) is 77.6 Å². The number of aromatic nitrogens is 4. The number of nitrogens with one attached hydrogen (secondary N) is 2. The van der Waals surface area contributed by atoms with Crippen LogP contribution in [0.3, 0.4) is 0 Å². The van der Waals surface area contributed by atoms with Crippen molar-refractivity contribution in [1.82, 2.24) is 19.9 Å². The second kappa shape index (κ2) is 11.3. The molecule has 3 N–H and O–H groups in total. The smallest absolute Gasteiger partial charge is 0.224 e. The van der Waals surface area contributed by atoms with Crippen LogP contribution in [0.25, 0.3) is 11.3 Å². The number of rotatable bonds is 8. The van der Waals surface area contributed by atoms with Gasteiger partial charge in [0.05, 0.1) is 17.4 Å². The van der Waals surface area contributed by atoms with E-state index in [2.05, 4.69) is 32.5 Å². The molecule has 0 saturated heterocycles. The Labute approximate surface area is 190 Å². The number of aliphatic hydroxyl groups excluding tert-OH is 1. The second-order valence-corrected chi connectivity index (χ2v) is 8.89. The molecule has 2 heterocycles. The molecule has 0 aliphatic heterocycles. The van der Waals surface area contributed by atoms with Crippen LogP contribution in [0.2, 0.25) is 0 Å². The Morgan fingerprint density at radius 1 is 1.06 bits per heavy atom. The molecule has 32 heavy (non-hydrogen) atoms. The van der Waals surface area contributed by atoms with Gasteiger partial charge in [-0.15, -0.1) is 0 Å². The highest BCUT2D eigenvalue weighted by Gasteiger charge is 2.18. The fraction of sp³-hybridized carbons (Fsp3) is 0.625. The van der Waals surface area contributed by atoms with Crippen molar-refractivity contribution in [2.45, 2.75) is 89.7 Å². The third-order valence-electron chi connectivity index (χ3n) is 6.28. The molecule has 0 bridgehead atoms. The predicted octanol–water partition coefficient (Wildman–Crippen LogP) is 4.90. The van der Waals surface area contributed by atoms with Gasteiger partial charge in [0.1, 0.15) is 12.1 Å². The Hall–Kier alpha value is -2.61. The van der Waals surface area contributed by atoms with Crippen LogP contribution in [0.4, 0.5) is 17.6 Å². The number of hydrogen-bond acceptors (Lipinski definition) is 8. The van der Waals surface area contributed by atoms with E-state index in [1.54, 1.807) is 6.33 Å². The second-order valence-electron chi connectivity index (χ2n) is 8.89. The summed E-state index contributed by atoms with van der Waals surface area (Å²) in [6.07, 6.45) is 14.7. The number of unbranched alkanes of at least 4 members (excludes halogenated alkanes) is 1. The summed E-state index contributed by atoms with van der Waals surface area (Å²) in [5.74, 6) is 2.06. The summed E-state index contributed by atoms with van der Waals surface area (Å²) < 4.78 is 0. The van der Waals surface area contributed by atoms with Gasteiger partial charge >= 0.3 is 0 Å². The van der Waals surface area contributed by atoms with E-state index in [9.17, 15) is 5.11 Å². The van der Waals surface area contributed by atoms with E-state index in [0.29, 0.717) is 17.8 Å². The molecule has 172 valence electrons. The molecule has 4 rings (SSSR count). The van der Waals surface area contributed by atoms with Crippen molar-refractivity contribution >= 4 is 23.3 Å². The van der Waals surface area contributed by atoms with Crippen molar-refractivity contribution in [3.05, 3.63) is 18.6 Å². The summed E-state index contributed by atoms with van der Waals surface area (Å²) in [6, 6.07) is 2.45. The zero-order chi connectivity index (χ0) is 22.2. The van der Waals surface area contributed by atoms with Crippen LogP contribution in [0, 0.1) is 0 Å². The van der Waals surface area contributed by atoms with Crippen molar-refractivity contribution in [2.24, 2.45) is 4.99 Å². The molecule has 0 spiro atoms. The van der Waals surface area contributed by atoms with Gasteiger partial charge < -0.3 is 15.7 Å². The summed E-state index contributed by atoms with van der Waals surface area (Å²) in [5, 5.41) is 16.7. The van der Waals surface area contributed by atoms with Gasteiger partial charge in [-0.2, -0.15) is 4.98 Å². The largest absolute Gasteiger partial charge is 0.393 e. The van der Waals surface area contributed by atoms with Gasteiger partial charge in [0.15, 0.2) is 5.82 Å². The quantitative estimate of drug-likeness (QED) is 0.504. The molecule has 0 atom stereocenters. The molecule has 2 fully saturated rings. The first-order valence-corrected chi connectivity index (χ1v) is 12.2. The highest BCUT2D eigenvalue weighted by molar-refractivity contribution is 5.89. The first-order chi connectivity index (χ1) is 15.7. The molecule has 8 heteroatoms. The van der Waals surface area contributed by atoms with Crippen LogP contribution in [0.5, 0.6) is 0 Å². The molecule has 2 aromatic heterocycles. The Kier molecular flexibility index (Phi) is 7.98. The number of anilines is 2. The minimum atomic E-state index is -0.222. The maximum atomic E-state index is 9.84. The third-order valence-corrected chi connectivity index (χ3v) is 6.28. The summed E-state index contributed by atoms with van der Waals surface area (Å²) in [6.45, 7) is 3.00. The molecule has 0 unspecified atom stereocenters. The van der Waals surface area contributed by atoms with Crippen molar-refractivity contribution in [3.63, 3.8) is 0 Å². The van der Waals surface area contributed by atoms with E-state index < -0.39 is 0 Å². The van der Waals surface area contributed by atoms with Crippen molar-refractivity contribution < 1.29 is 5.11 Å². The zero-order valence-corrected chi connectivity index (χ0v) is 19.1. The molecule has 2 aromatic rings. The topological polar surface area (TPSA) is 108 Å². The monoisotopic (exact) mass is 437 g/mol. The Morgan fingerprint density at radius 3 is 2.66 bits per heavy atom. The van der Waals surface area contributed by atoms with Crippen LogP contribution >= 0.6 is 0 Å². The van der Waals surface area contributed by atoms with Gasteiger partial charge in [0, 0.05) is 30.6 Å². The molecular weight excluding hydrogens is 402 g/mol. The fourth-order valence-corrected chi connectivity index (χ4v) is 4.34. The van der Waals surface area contributed by atoms with Gasteiger partial charge in [-0.25, -0.2) is 19.9 Å².